The zero-order chi connectivity index (χ0) is 17.7. The van der Waals surface area contributed by atoms with E-state index in [4.69, 9.17) is 23.2 Å². The van der Waals surface area contributed by atoms with E-state index in [2.05, 4.69) is 10.6 Å². The van der Waals surface area contributed by atoms with Crippen LogP contribution in [0.15, 0.2) is 18.2 Å². The molecule has 5 nitrogen and oxygen atoms in total. The van der Waals surface area contributed by atoms with Gasteiger partial charge in [-0.15, -0.1) is 0 Å². The monoisotopic (exact) mass is 372 g/mol. The Labute approximate surface area is 152 Å². The van der Waals surface area contributed by atoms with Gasteiger partial charge in [0.2, 0.25) is 0 Å². The number of halogens is 2. The maximum Gasteiger partial charge on any atom is 0.279 e. The number of quaternary nitrogens is 1. The Morgan fingerprint density at radius 3 is 2.54 bits per heavy atom. The van der Waals surface area contributed by atoms with E-state index in [9.17, 15) is 9.59 Å². The van der Waals surface area contributed by atoms with Crippen molar-refractivity contribution in [3.05, 3.63) is 28.2 Å². The fourth-order valence-electron chi connectivity index (χ4n) is 2.81. The summed E-state index contributed by atoms with van der Waals surface area (Å²) < 4.78 is 0. The lowest BCUT2D eigenvalue weighted by molar-refractivity contribution is -0.885. The van der Waals surface area contributed by atoms with Crippen LogP contribution in [-0.4, -0.2) is 37.5 Å². The summed E-state index contributed by atoms with van der Waals surface area (Å²) in [5.74, 6) is -0.173. The quantitative estimate of drug-likeness (QED) is 0.713. The second kappa shape index (κ2) is 8.70. The first-order valence-corrected chi connectivity index (χ1v) is 9.00. The van der Waals surface area contributed by atoms with Crippen molar-refractivity contribution in [3.8, 4) is 0 Å². The SMILES string of the molecule is C[C@H](C(=O)NC1CCCC1)[NH+](C)CC(=O)Nc1ccc(Cl)c(Cl)c1. The van der Waals surface area contributed by atoms with Gasteiger partial charge in [-0.05, 0) is 38.0 Å². The van der Waals surface area contributed by atoms with E-state index in [-0.39, 0.29) is 30.4 Å². The van der Waals surface area contributed by atoms with Gasteiger partial charge < -0.3 is 15.5 Å². The molecule has 0 radical (unpaired) electrons. The molecule has 1 aromatic carbocycles. The molecular weight excluding hydrogens is 349 g/mol. The number of nitrogens with one attached hydrogen (secondary N) is 3. The molecule has 0 spiro atoms. The molecule has 1 aliphatic rings. The number of likely N-dealkylation sites (N-methyl/N-ethyl adjacent to an activating group) is 1. The molecule has 24 heavy (non-hydrogen) atoms. The van der Waals surface area contributed by atoms with Gasteiger partial charge in [0.25, 0.3) is 11.8 Å². The molecule has 1 fully saturated rings. The van der Waals surface area contributed by atoms with Crippen LogP contribution in [0.25, 0.3) is 0 Å². The van der Waals surface area contributed by atoms with E-state index in [1.54, 1.807) is 18.2 Å². The summed E-state index contributed by atoms with van der Waals surface area (Å²) in [6.45, 7) is 2.03. The Morgan fingerprint density at radius 1 is 1.25 bits per heavy atom. The second-order valence-electron chi connectivity index (χ2n) is 6.41. The molecule has 1 aliphatic carbocycles. The lowest BCUT2D eigenvalue weighted by Gasteiger charge is -2.22. The second-order valence-corrected chi connectivity index (χ2v) is 7.23. The maximum atomic E-state index is 12.3. The van der Waals surface area contributed by atoms with E-state index in [0.29, 0.717) is 15.7 Å². The molecule has 0 heterocycles. The standard InChI is InChI=1S/C17H23Cl2N3O2/c1-11(17(24)21-12-5-3-4-6-12)22(2)10-16(23)20-13-7-8-14(18)15(19)9-13/h7-9,11-12H,3-6,10H2,1-2H3,(H,20,23)(H,21,24)/p+1/t11-/m1/s1. The summed E-state index contributed by atoms with van der Waals surface area (Å²) in [6.07, 6.45) is 4.45. The number of amides is 2. The summed E-state index contributed by atoms with van der Waals surface area (Å²) in [5, 5.41) is 6.67. The number of carbonyl (C=O) groups is 2. The number of benzene rings is 1. The Hall–Kier alpha value is -1.30. The highest BCUT2D eigenvalue weighted by atomic mass is 35.5. The molecule has 0 aromatic heterocycles. The van der Waals surface area contributed by atoms with Crippen LogP contribution < -0.4 is 15.5 Å². The van der Waals surface area contributed by atoms with Crippen LogP contribution >= 0.6 is 23.2 Å². The van der Waals surface area contributed by atoms with Crippen molar-refractivity contribution in [2.24, 2.45) is 0 Å². The summed E-state index contributed by atoms with van der Waals surface area (Å²) in [5.41, 5.74) is 0.588. The molecule has 0 aliphatic heterocycles. The van der Waals surface area contributed by atoms with Gasteiger partial charge in [-0.3, -0.25) is 9.59 Å². The zero-order valence-corrected chi connectivity index (χ0v) is 15.5. The Bertz CT molecular complexity index is 603. The van der Waals surface area contributed by atoms with Crippen LogP contribution in [0.2, 0.25) is 10.0 Å². The van der Waals surface area contributed by atoms with Crippen LogP contribution in [0.1, 0.15) is 32.6 Å². The molecule has 3 N–H and O–H groups in total. The smallest absolute Gasteiger partial charge is 0.279 e. The maximum absolute atomic E-state index is 12.3. The van der Waals surface area contributed by atoms with Gasteiger partial charge in [-0.1, -0.05) is 36.0 Å². The molecule has 2 amide bonds. The van der Waals surface area contributed by atoms with E-state index < -0.39 is 0 Å². The number of hydrogen-bond acceptors (Lipinski definition) is 2. The van der Waals surface area contributed by atoms with Gasteiger partial charge in [-0.25, -0.2) is 0 Å². The average Bonchev–Trinajstić information content (AvgIpc) is 3.02. The minimum Gasteiger partial charge on any atom is -0.348 e. The zero-order valence-electron chi connectivity index (χ0n) is 14.0. The van der Waals surface area contributed by atoms with Gasteiger partial charge in [-0.2, -0.15) is 0 Å². The molecule has 1 saturated carbocycles. The molecule has 132 valence electrons. The number of anilines is 1. The Morgan fingerprint density at radius 2 is 1.92 bits per heavy atom. The number of hydrogen-bond donors (Lipinski definition) is 3. The highest BCUT2D eigenvalue weighted by molar-refractivity contribution is 6.42. The van der Waals surface area contributed by atoms with Crippen molar-refractivity contribution in [2.45, 2.75) is 44.7 Å². The highest BCUT2D eigenvalue weighted by Gasteiger charge is 2.27. The van der Waals surface area contributed by atoms with Crippen molar-refractivity contribution >= 4 is 40.7 Å². The van der Waals surface area contributed by atoms with Crippen molar-refractivity contribution in [2.75, 3.05) is 18.9 Å². The first-order chi connectivity index (χ1) is 11.4. The molecule has 1 unspecified atom stereocenters. The topological polar surface area (TPSA) is 62.6 Å². The lowest BCUT2D eigenvalue weighted by atomic mass is 10.2. The van der Waals surface area contributed by atoms with E-state index in [1.165, 1.54) is 12.8 Å². The summed E-state index contributed by atoms with van der Waals surface area (Å²) in [6, 6.07) is 4.93. The van der Waals surface area contributed by atoms with Gasteiger partial charge in [0.15, 0.2) is 12.6 Å². The van der Waals surface area contributed by atoms with E-state index in [0.717, 1.165) is 17.7 Å². The normalized spacial score (nSPS) is 17.3. The third-order valence-corrected chi connectivity index (χ3v) is 5.22. The predicted octanol–water partition coefficient (Wildman–Crippen LogP) is 1.89. The molecule has 2 rings (SSSR count). The van der Waals surface area contributed by atoms with Crippen LogP contribution in [0, 0.1) is 0 Å². The molecule has 0 saturated heterocycles. The van der Waals surface area contributed by atoms with Gasteiger partial charge in [0, 0.05) is 11.7 Å². The highest BCUT2D eigenvalue weighted by Crippen LogP contribution is 2.24. The van der Waals surface area contributed by atoms with Gasteiger partial charge in [0.1, 0.15) is 0 Å². The van der Waals surface area contributed by atoms with Crippen LogP contribution in [-0.2, 0) is 9.59 Å². The third kappa shape index (κ3) is 5.36. The van der Waals surface area contributed by atoms with Crippen LogP contribution in [0.5, 0.6) is 0 Å². The Kier molecular flexibility index (Phi) is 6.90. The molecule has 1 aromatic rings. The van der Waals surface area contributed by atoms with Crippen molar-refractivity contribution in [1.29, 1.82) is 0 Å². The van der Waals surface area contributed by atoms with Gasteiger partial charge >= 0.3 is 0 Å². The van der Waals surface area contributed by atoms with E-state index in [1.807, 2.05) is 14.0 Å². The van der Waals surface area contributed by atoms with Crippen molar-refractivity contribution < 1.29 is 14.5 Å². The third-order valence-electron chi connectivity index (χ3n) is 4.48. The Balaban J connectivity index is 1.83. The summed E-state index contributed by atoms with van der Waals surface area (Å²) in [7, 11) is 1.84. The lowest BCUT2D eigenvalue weighted by Crippen LogP contribution is -3.15. The number of rotatable bonds is 6. The van der Waals surface area contributed by atoms with Crippen molar-refractivity contribution in [1.82, 2.24) is 5.32 Å². The first-order valence-electron chi connectivity index (χ1n) is 8.24. The molecular formula is C17H24Cl2N3O2+. The fourth-order valence-corrected chi connectivity index (χ4v) is 3.10. The largest absolute Gasteiger partial charge is 0.348 e. The first kappa shape index (κ1) is 19.0. The number of carbonyl (C=O) groups excluding carboxylic acids is 2. The molecule has 0 bridgehead atoms. The minimum absolute atomic E-state index is 0.00161. The summed E-state index contributed by atoms with van der Waals surface area (Å²) >= 11 is 11.8. The van der Waals surface area contributed by atoms with E-state index >= 15 is 0 Å². The molecule has 2 atom stereocenters. The van der Waals surface area contributed by atoms with Crippen LogP contribution in [0.4, 0.5) is 5.69 Å². The predicted molar refractivity (Wildman–Crippen MR) is 96.7 cm³/mol. The van der Waals surface area contributed by atoms with Crippen LogP contribution in [0.3, 0.4) is 0 Å². The minimum atomic E-state index is -0.287. The average molecular weight is 373 g/mol. The van der Waals surface area contributed by atoms with Crippen molar-refractivity contribution in [3.63, 3.8) is 0 Å². The fraction of sp³-hybridized carbons (Fsp3) is 0.529. The molecule has 7 heteroatoms. The van der Waals surface area contributed by atoms with Gasteiger partial charge in [0.05, 0.1) is 17.1 Å². The summed E-state index contributed by atoms with van der Waals surface area (Å²) in [4.78, 5) is 25.3.